The Morgan fingerprint density at radius 1 is 0.387 bits per heavy atom. The number of unbranched alkanes of at least 4 members (excludes halogenated alkanes) is 19. The number of nitrogen functional groups attached to an aromatic ring is 2. The Labute approximate surface area is 381 Å². The fourth-order valence-electron chi connectivity index (χ4n) is 11.0. The zero-order chi connectivity index (χ0) is 43.7. The summed E-state index contributed by atoms with van der Waals surface area (Å²) in [5, 5.41) is 0. The smallest absolute Gasteiger partial charge is 0.0314 e. The molecule has 0 aliphatic heterocycles. The van der Waals surface area contributed by atoms with Crippen LogP contribution in [0.1, 0.15) is 252 Å². The maximum atomic E-state index is 6.19. The van der Waals surface area contributed by atoms with E-state index in [1.165, 1.54) is 220 Å². The van der Waals surface area contributed by atoms with E-state index in [1.54, 1.807) is 0 Å². The minimum absolute atomic E-state index is 0.0528. The second-order valence-corrected chi connectivity index (χ2v) is 19.8. The van der Waals surface area contributed by atoms with Crippen LogP contribution in [0.4, 0.5) is 11.4 Å². The van der Waals surface area contributed by atoms with E-state index in [0.29, 0.717) is 11.8 Å². The predicted molar refractivity (Wildman–Crippen MR) is 273 cm³/mol. The Kier molecular flexibility index (Phi) is 22.6. The van der Waals surface area contributed by atoms with Crippen molar-refractivity contribution in [3.05, 3.63) is 130 Å². The molecule has 340 valence electrons. The second kappa shape index (κ2) is 28.3. The van der Waals surface area contributed by atoms with Gasteiger partial charge in [0, 0.05) is 28.6 Å². The van der Waals surface area contributed by atoms with Crippen molar-refractivity contribution in [2.45, 2.75) is 224 Å². The van der Waals surface area contributed by atoms with Gasteiger partial charge in [0.25, 0.3) is 0 Å². The van der Waals surface area contributed by atoms with Crippen LogP contribution in [-0.2, 0) is 5.41 Å². The topological polar surface area (TPSA) is 52.0 Å². The first-order chi connectivity index (χ1) is 30.5. The number of hydrogen-bond donors (Lipinski definition) is 2. The van der Waals surface area contributed by atoms with E-state index in [-0.39, 0.29) is 5.41 Å². The molecule has 4 aromatic rings. The molecular formula is C60H90N2. The fraction of sp³-hybridized carbons (Fsp3) is 0.600. The SMILES string of the molecule is CCCCCCCCCCC1CCC(c2ccc(C(CCCCCCCCC)c3ccc(N)cc3)cc2)(c2ccc(C(CCCCCCCCC)c3ccc(N)cc3)cc2)CC1. The first-order valence-corrected chi connectivity index (χ1v) is 26.4. The lowest BCUT2D eigenvalue weighted by molar-refractivity contribution is 0.250. The molecule has 0 spiro atoms. The van der Waals surface area contributed by atoms with Crippen LogP contribution in [0.5, 0.6) is 0 Å². The molecule has 4 N–H and O–H groups in total. The summed E-state index contributed by atoms with van der Waals surface area (Å²) < 4.78 is 0. The van der Waals surface area contributed by atoms with Crippen molar-refractivity contribution in [1.82, 2.24) is 0 Å². The zero-order valence-corrected chi connectivity index (χ0v) is 40.1. The van der Waals surface area contributed by atoms with Gasteiger partial charge in [-0.2, -0.15) is 0 Å². The average Bonchev–Trinajstić information content (AvgIpc) is 3.30. The highest BCUT2D eigenvalue weighted by molar-refractivity contribution is 5.47. The lowest BCUT2D eigenvalue weighted by atomic mass is 9.62. The number of benzene rings is 4. The van der Waals surface area contributed by atoms with E-state index >= 15 is 0 Å². The summed E-state index contributed by atoms with van der Waals surface area (Å²) in [7, 11) is 0. The number of anilines is 2. The molecule has 0 radical (unpaired) electrons. The first-order valence-electron chi connectivity index (χ1n) is 26.4. The summed E-state index contributed by atoms with van der Waals surface area (Å²) >= 11 is 0. The molecule has 0 heterocycles. The highest BCUT2D eigenvalue weighted by atomic mass is 14.5. The molecule has 5 rings (SSSR count). The molecule has 1 saturated carbocycles. The van der Waals surface area contributed by atoms with Crippen molar-refractivity contribution in [1.29, 1.82) is 0 Å². The van der Waals surface area contributed by atoms with Crippen molar-refractivity contribution >= 4 is 11.4 Å². The van der Waals surface area contributed by atoms with E-state index in [4.69, 9.17) is 11.5 Å². The third-order valence-corrected chi connectivity index (χ3v) is 15.0. The zero-order valence-electron chi connectivity index (χ0n) is 40.1. The average molecular weight is 839 g/mol. The molecule has 62 heavy (non-hydrogen) atoms. The molecule has 2 atom stereocenters. The van der Waals surface area contributed by atoms with Crippen molar-refractivity contribution in [2.24, 2.45) is 5.92 Å². The van der Waals surface area contributed by atoms with Crippen LogP contribution in [0.2, 0.25) is 0 Å². The van der Waals surface area contributed by atoms with Gasteiger partial charge in [-0.05, 0) is 102 Å². The van der Waals surface area contributed by atoms with Gasteiger partial charge < -0.3 is 11.5 Å². The van der Waals surface area contributed by atoms with Gasteiger partial charge in [0.2, 0.25) is 0 Å². The van der Waals surface area contributed by atoms with Crippen molar-refractivity contribution in [3.63, 3.8) is 0 Å². The molecule has 0 amide bonds. The van der Waals surface area contributed by atoms with Crippen molar-refractivity contribution < 1.29 is 0 Å². The van der Waals surface area contributed by atoms with Gasteiger partial charge in [-0.1, -0.05) is 241 Å². The molecule has 0 aromatic heterocycles. The summed E-state index contributed by atoms with van der Waals surface area (Å²) in [5.41, 5.74) is 22.9. The Morgan fingerprint density at radius 3 is 1.02 bits per heavy atom. The summed E-state index contributed by atoms with van der Waals surface area (Å²) in [4.78, 5) is 0. The van der Waals surface area contributed by atoms with Gasteiger partial charge in [-0.15, -0.1) is 0 Å². The standard InChI is InChI=1S/C60H90N2/c1-4-7-10-13-16-19-20-23-26-49-45-47-60(48-46-49,54-37-29-50(30-38-54)58(52-33-41-56(61)42-34-52)27-24-21-17-14-11-8-5-2)55-39-31-51(32-40-55)59(53-35-43-57(62)44-36-53)28-25-22-18-15-12-9-6-3/h29-44,49,58-59H,4-28,45-48,61-62H2,1-3H3. The molecule has 0 saturated heterocycles. The van der Waals surface area contributed by atoms with E-state index < -0.39 is 0 Å². The Bertz CT molecular complexity index is 1600. The minimum atomic E-state index is 0.0528. The molecule has 1 aliphatic rings. The Hall–Kier alpha value is -3.52. The Morgan fingerprint density at radius 2 is 0.677 bits per heavy atom. The number of nitrogens with two attached hydrogens (primary N) is 2. The van der Waals surface area contributed by atoms with E-state index in [9.17, 15) is 0 Å². The lowest BCUT2D eigenvalue weighted by Gasteiger charge is -2.42. The molecule has 1 fully saturated rings. The minimum Gasteiger partial charge on any atom is -0.399 e. The van der Waals surface area contributed by atoms with Gasteiger partial charge in [-0.25, -0.2) is 0 Å². The quantitative estimate of drug-likeness (QED) is 0.0392. The third kappa shape index (κ3) is 15.9. The van der Waals surface area contributed by atoms with Gasteiger partial charge in [0.1, 0.15) is 0 Å². The van der Waals surface area contributed by atoms with Gasteiger partial charge in [-0.3, -0.25) is 0 Å². The van der Waals surface area contributed by atoms with Crippen molar-refractivity contribution in [3.8, 4) is 0 Å². The van der Waals surface area contributed by atoms with Gasteiger partial charge in [0.15, 0.2) is 0 Å². The van der Waals surface area contributed by atoms with Crippen LogP contribution in [0, 0.1) is 5.92 Å². The van der Waals surface area contributed by atoms with Crippen LogP contribution in [-0.4, -0.2) is 0 Å². The normalized spacial score (nSPS) is 17.6. The lowest BCUT2D eigenvalue weighted by Crippen LogP contribution is -2.33. The maximum Gasteiger partial charge on any atom is 0.0314 e. The second-order valence-electron chi connectivity index (χ2n) is 19.8. The van der Waals surface area contributed by atoms with Crippen LogP contribution < -0.4 is 11.5 Å². The summed E-state index contributed by atoms with van der Waals surface area (Å²) in [6.45, 7) is 6.93. The van der Waals surface area contributed by atoms with Gasteiger partial charge in [0.05, 0.1) is 0 Å². The first kappa shape index (κ1) is 49.5. The molecule has 1 aliphatic carbocycles. The summed E-state index contributed by atoms with van der Waals surface area (Å²) in [5.74, 6) is 1.66. The highest BCUT2D eigenvalue weighted by Crippen LogP contribution is 2.48. The van der Waals surface area contributed by atoms with Crippen LogP contribution in [0.3, 0.4) is 0 Å². The molecule has 2 unspecified atom stereocenters. The summed E-state index contributed by atoms with van der Waals surface area (Å²) in [6.07, 6.45) is 39.0. The van der Waals surface area contributed by atoms with Gasteiger partial charge >= 0.3 is 0 Å². The van der Waals surface area contributed by atoms with Crippen LogP contribution >= 0.6 is 0 Å². The largest absolute Gasteiger partial charge is 0.399 e. The van der Waals surface area contributed by atoms with E-state index in [0.717, 1.165) is 17.3 Å². The number of hydrogen-bond acceptors (Lipinski definition) is 2. The monoisotopic (exact) mass is 839 g/mol. The van der Waals surface area contributed by atoms with Crippen molar-refractivity contribution in [2.75, 3.05) is 11.5 Å². The van der Waals surface area contributed by atoms with E-state index in [2.05, 4.69) is 118 Å². The Balaban J connectivity index is 1.35. The summed E-state index contributed by atoms with van der Waals surface area (Å²) in [6, 6.07) is 37.6. The number of rotatable bonds is 31. The van der Waals surface area contributed by atoms with Crippen LogP contribution in [0.15, 0.2) is 97.1 Å². The maximum absolute atomic E-state index is 6.19. The predicted octanol–water partition coefficient (Wildman–Crippen LogP) is 18.4. The molecule has 0 bridgehead atoms. The van der Waals surface area contributed by atoms with Crippen LogP contribution in [0.25, 0.3) is 0 Å². The molecule has 2 heteroatoms. The molecule has 2 nitrogen and oxygen atoms in total. The molecule has 4 aromatic carbocycles. The highest BCUT2D eigenvalue weighted by Gasteiger charge is 2.38. The molecular weight excluding hydrogens is 749 g/mol. The third-order valence-electron chi connectivity index (χ3n) is 15.0. The fourth-order valence-corrected chi connectivity index (χ4v) is 11.0. The van der Waals surface area contributed by atoms with E-state index in [1.807, 2.05) is 0 Å².